The van der Waals surface area contributed by atoms with E-state index in [1.165, 1.54) is 0 Å². The fraction of sp³-hybridized carbons (Fsp3) is 0.409. The first-order valence-corrected chi connectivity index (χ1v) is 11.4. The van der Waals surface area contributed by atoms with Gasteiger partial charge in [0.25, 0.3) is 0 Å². The average molecular weight is 419 g/mol. The number of benzene rings is 2. The van der Waals surface area contributed by atoms with E-state index in [1.807, 2.05) is 46.8 Å². The first kappa shape index (κ1) is 22.7. The Hall–Kier alpha value is -2.54. The summed E-state index contributed by atoms with van der Waals surface area (Å²) in [5.74, 6) is 0.274. The molecule has 0 heterocycles. The third-order valence-electron chi connectivity index (χ3n) is 4.45. The number of amides is 1. The van der Waals surface area contributed by atoms with Gasteiger partial charge in [-0.1, -0.05) is 23.8 Å². The maximum absolute atomic E-state index is 12.6. The molecule has 1 N–H and O–H groups in total. The second-order valence-electron chi connectivity index (χ2n) is 7.58. The van der Waals surface area contributed by atoms with Crippen LogP contribution in [0, 0.1) is 13.8 Å². The Bertz CT molecular complexity index is 953. The Kier molecular flexibility index (Phi) is 7.30. The molecular formula is C22H30N2O4S. The lowest BCUT2D eigenvalue weighted by Gasteiger charge is -2.24. The smallest absolute Gasteiger partial charge is 0.241 e. The monoisotopic (exact) mass is 418 g/mol. The standard InChI is InChI=1S/C22H30N2O4S/c1-15(2)28-20-10-8-19(9-11-20)24(29(6,26)27)14-22(25)23-18(5)21-12-7-16(3)13-17(21)4/h7-13,15,18H,14H2,1-6H3,(H,23,25). The van der Waals surface area contributed by atoms with Crippen molar-refractivity contribution in [2.24, 2.45) is 0 Å². The Labute approximate surface area is 173 Å². The minimum absolute atomic E-state index is 0.0179. The lowest BCUT2D eigenvalue weighted by atomic mass is 10.0. The molecule has 0 aromatic heterocycles. The van der Waals surface area contributed by atoms with E-state index in [-0.39, 0.29) is 24.6 Å². The molecule has 0 bridgehead atoms. The number of nitrogens with one attached hydrogen (secondary N) is 1. The summed E-state index contributed by atoms with van der Waals surface area (Å²) in [4.78, 5) is 12.6. The van der Waals surface area contributed by atoms with Gasteiger partial charge >= 0.3 is 0 Å². The fourth-order valence-corrected chi connectivity index (χ4v) is 4.03. The molecule has 1 unspecified atom stereocenters. The van der Waals surface area contributed by atoms with Crippen LogP contribution in [0.25, 0.3) is 0 Å². The highest BCUT2D eigenvalue weighted by molar-refractivity contribution is 7.92. The number of ether oxygens (including phenoxy) is 1. The van der Waals surface area contributed by atoms with Gasteiger partial charge in [-0.15, -0.1) is 0 Å². The minimum Gasteiger partial charge on any atom is -0.491 e. The number of carbonyl (C=O) groups is 1. The van der Waals surface area contributed by atoms with Gasteiger partial charge in [0.1, 0.15) is 12.3 Å². The number of hydrogen-bond donors (Lipinski definition) is 1. The van der Waals surface area contributed by atoms with Crippen LogP contribution in [0.4, 0.5) is 5.69 Å². The third kappa shape index (κ3) is 6.49. The molecule has 0 fully saturated rings. The molecule has 2 aromatic carbocycles. The van der Waals surface area contributed by atoms with E-state index in [9.17, 15) is 13.2 Å². The molecule has 1 atom stereocenters. The molecule has 0 aliphatic rings. The second-order valence-corrected chi connectivity index (χ2v) is 9.49. The van der Waals surface area contributed by atoms with E-state index in [4.69, 9.17) is 4.74 Å². The number of carbonyl (C=O) groups excluding carboxylic acids is 1. The highest BCUT2D eigenvalue weighted by Gasteiger charge is 2.22. The Balaban J connectivity index is 2.14. The van der Waals surface area contributed by atoms with Gasteiger partial charge in [0.15, 0.2) is 0 Å². The van der Waals surface area contributed by atoms with Crippen molar-refractivity contribution in [3.8, 4) is 5.75 Å². The van der Waals surface area contributed by atoms with Crippen molar-refractivity contribution >= 4 is 21.6 Å². The molecule has 29 heavy (non-hydrogen) atoms. The van der Waals surface area contributed by atoms with Crippen LogP contribution in [-0.2, 0) is 14.8 Å². The number of rotatable bonds is 8. The van der Waals surface area contributed by atoms with Crippen molar-refractivity contribution < 1.29 is 17.9 Å². The van der Waals surface area contributed by atoms with Gasteiger partial charge in [-0.05, 0) is 70.0 Å². The first-order valence-electron chi connectivity index (χ1n) is 9.58. The van der Waals surface area contributed by atoms with Gasteiger partial charge in [0, 0.05) is 0 Å². The molecule has 158 valence electrons. The van der Waals surface area contributed by atoms with Gasteiger partial charge in [-0.3, -0.25) is 9.10 Å². The van der Waals surface area contributed by atoms with Gasteiger partial charge < -0.3 is 10.1 Å². The fourth-order valence-electron chi connectivity index (χ4n) is 3.17. The second kappa shape index (κ2) is 9.31. The Morgan fingerprint density at radius 2 is 1.69 bits per heavy atom. The number of sulfonamides is 1. The van der Waals surface area contributed by atoms with E-state index in [0.29, 0.717) is 11.4 Å². The molecular weight excluding hydrogens is 388 g/mol. The SMILES string of the molecule is Cc1ccc(C(C)NC(=O)CN(c2ccc(OC(C)C)cc2)S(C)(=O)=O)c(C)c1. The van der Waals surface area contributed by atoms with Crippen LogP contribution in [0.5, 0.6) is 5.75 Å². The molecule has 0 spiro atoms. The topological polar surface area (TPSA) is 75.7 Å². The summed E-state index contributed by atoms with van der Waals surface area (Å²) in [5.41, 5.74) is 3.65. The molecule has 1 amide bonds. The maximum Gasteiger partial charge on any atom is 0.241 e. The van der Waals surface area contributed by atoms with Crippen molar-refractivity contribution in [1.82, 2.24) is 5.32 Å². The molecule has 7 heteroatoms. The van der Waals surface area contributed by atoms with Crippen LogP contribution in [0.1, 0.15) is 43.5 Å². The molecule has 0 saturated carbocycles. The summed E-state index contributed by atoms with van der Waals surface area (Å²) in [5, 5.41) is 2.90. The molecule has 6 nitrogen and oxygen atoms in total. The summed E-state index contributed by atoms with van der Waals surface area (Å²) in [6.45, 7) is 9.43. The summed E-state index contributed by atoms with van der Waals surface area (Å²) >= 11 is 0. The molecule has 2 aromatic rings. The van der Waals surface area contributed by atoms with Gasteiger partial charge in [-0.25, -0.2) is 8.42 Å². The van der Waals surface area contributed by atoms with Crippen molar-refractivity contribution in [2.75, 3.05) is 17.1 Å². The van der Waals surface area contributed by atoms with E-state index < -0.39 is 10.0 Å². The number of hydrogen-bond acceptors (Lipinski definition) is 4. The number of aryl methyl sites for hydroxylation is 2. The van der Waals surface area contributed by atoms with Crippen LogP contribution in [0.3, 0.4) is 0 Å². The lowest BCUT2D eigenvalue weighted by molar-refractivity contribution is -0.120. The zero-order valence-electron chi connectivity index (χ0n) is 17.9. The number of anilines is 1. The van der Waals surface area contributed by atoms with Crippen LogP contribution in [0.2, 0.25) is 0 Å². The Morgan fingerprint density at radius 3 is 2.21 bits per heavy atom. The first-order chi connectivity index (χ1) is 13.5. The molecule has 0 aliphatic carbocycles. The highest BCUT2D eigenvalue weighted by Crippen LogP contribution is 2.23. The van der Waals surface area contributed by atoms with E-state index in [0.717, 1.165) is 27.3 Å². The van der Waals surface area contributed by atoms with Crippen molar-refractivity contribution in [1.29, 1.82) is 0 Å². The maximum atomic E-state index is 12.6. The van der Waals surface area contributed by atoms with Gasteiger partial charge in [0.05, 0.1) is 24.1 Å². The van der Waals surface area contributed by atoms with Crippen molar-refractivity contribution in [3.63, 3.8) is 0 Å². The van der Waals surface area contributed by atoms with Crippen molar-refractivity contribution in [3.05, 3.63) is 59.2 Å². The van der Waals surface area contributed by atoms with Gasteiger partial charge in [0.2, 0.25) is 15.9 Å². The summed E-state index contributed by atoms with van der Waals surface area (Å²) in [6, 6.07) is 12.5. The minimum atomic E-state index is -3.63. The summed E-state index contributed by atoms with van der Waals surface area (Å²) in [6.07, 6.45) is 1.11. The molecule has 2 rings (SSSR count). The quantitative estimate of drug-likeness (QED) is 0.709. The van der Waals surface area contributed by atoms with Crippen LogP contribution < -0.4 is 14.4 Å². The van der Waals surface area contributed by atoms with Crippen LogP contribution in [-0.4, -0.2) is 33.2 Å². The Morgan fingerprint density at radius 1 is 1.07 bits per heavy atom. The van der Waals surface area contributed by atoms with Crippen LogP contribution in [0.15, 0.2) is 42.5 Å². The largest absolute Gasteiger partial charge is 0.491 e. The summed E-state index contributed by atoms with van der Waals surface area (Å²) < 4.78 is 31.3. The zero-order valence-corrected chi connectivity index (χ0v) is 18.7. The predicted molar refractivity (Wildman–Crippen MR) is 117 cm³/mol. The molecule has 0 aliphatic heterocycles. The van der Waals surface area contributed by atoms with Gasteiger partial charge in [-0.2, -0.15) is 0 Å². The average Bonchev–Trinajstić information content (AvgIpc) is 2.59. The zero-order chi connectivity index (χ0) is 21.8. The predicted octanol–water partition coefficient (Wildman–Crippen LogP) is 3.73. The molecule has 0 radical (unpaired) electrons. The van der Waals surface area contributed by atoms with Crippen LogP contribution >= 0.6 is 0 Å². The normalized spacial score (nSPS) is 12.5. The van der Waals surface area contributed by atoms with E-state index in [1.54, 1.807) is 24.3 Å². The van der Waals surface area contributed by atoms with Crippen molar-refractivity contribution in [2.45, 2.75) is 46.8 Å². The summed E-state index contributed by atoms with van der Waals surface area (Å²) in [7, 11) is -3.63. The highest BCUT2D eigenvalue weighted by atomic mass is 32.2. The van der Waals surface area contributed by atoms with E-state index >= 15 is 0 Å². The van der Waals surface area contributed by atoms with E-state index in [2.05, 4.69) is 11.4 Å². The number of nitrogens with zero attached hydrogens (tertiary/aromatic N) is 1. The lowest BCUT2D eigenvalue weighted by Crippen LogP contribution is -2.41. The molecule has 0 saturated heterocycles. The third-order valence-corrected chi connectivity index (χ3v) is 5.59.